The number of hydrogen-bond donors (Lipinski definition) is 7. The van der Waals surface area contributed by atoms with Crippen molar-refractivity contribution in [3.05, 3.63) is 35.6 Å². The van der Waals surface area contributed by atoms with Crippen LogP contribution in [0.25, 0.3) is 0 Å². The maximum absolute atomic E-state index is 14.1. The highest BCUT2D eigenvalue weighted by molar-refractivity contribution is 5.95. The predicted molar refractivity (Wildman–Crippen MR) is 191 cm³/mol. The fourth-order valence-corrected chi connectivity index (χ4v) is 12.8. The monoisotopic (exact) mass is 696 g/mol. The van der Waals surface area contributed by atoms with Gasteiger partial charge in [-0.15, -0.1) is 0 Å². The third-order valence-corrected chi connectivity index (χ3v) is 15.8. The second-order valence-corrected chi connectivity index (χ2v) is 18.2. The number of aliphatic hydroxyl groups excluding tert-OH is 3. The van der Waals surface area contributed by atoms with Gasteiger partial charge in [0.2, 0.25) is 0 Å². The van der Waals surface area contributed by atoms with Gasteiger partial charge in [0.1, 0.15) is 6.10 Å². The molecule has 2 aliphatic heterocycles. The van der Waals surface area contributed by atoms with Crippen LogP contribution in [0.15, 0.2) is 35.6 Å². The van der Waals surface area contributed by atoms with E-state index in [2.05, 4.69) is 26.1 Å². The van der Waals surface area contributed by atoms with Gasteiger partial charge < -0.3 is 41.3 Å². The summed E-state index contributed by atoms with van der Waals surface area (Å²) in [6, 6.07) is 0. The fourth-order valence-electron chi connectivity index (χ4n) is 12.8. The van der Waals surface area contributed by atoms with Gasteiger partial charge in [0.25, 0.3) is 0 Å². The van der Waals surface area contributed by atoms with E-state index in [1.165, 1.54) is 19.3 Å². The number of rotatable bonds is 9. The van der Waals surface area contributed by atoms with Gasteiger partial charge in [0.05, 0.1) is 41.8 Å². The van der Waals surface area contributed by atoms with Gasteiger partial charge in [-0.2, -0.15) is 0 Å². The van der Waals surface area contributed by atoms with Gasteiger partial charge >= 0.3 is 0 Å². The van der Waals surface area contributed by atoms with Crippen LogP contribution >= 0.6 is 0 Å². The van der Waals surface area contributed by atoms with Crippen molar-refractivity contribution in [2.24, 2.45) is 52.1 Å². The van der Waals surface area contributed by atoms with E-state index in [1.807, 2.05) is 18.4 Å². The third kappa shape index (κ3) is 5.71. The molecule has 7 rings (SSSR count). The number of allylic oxidation sites excluding steroid dienone is 3. The summed E-state index contributed by atoms with van der Waals surface area (Å²) in [5.41, 5.74) is 3.51. The zero-order valence-corrected chi connectivity index (χ0v) is 30.8. The van der Waals surface area contributed by atoms with Crippen LogP contribution in [0.1, 0.15) is 118 Å². The molecule has 0 radical (unpaired) electrons. The maximum atomic E-state index is 14.1. The number of unbranched alkanes of at least 4 members (excludes halogenated alkanes) is 1. The van der Waals surface area contributed by atoms with Crippen LogP contribution in [-0.4, -0.2) is 79.2 Å². The van der Waals surface area contributed by atoms with E-state index in [-0.39, 0.29) is 36.3 Å². The lowest BCUT2D eigenvalue weighted by Crippen LogP contribution is -2.64. The number of hydrogen-bond acceptors (Lipinski definition) is 9. The molecule has 7 aliphatic rings. The predicted octanol–water partition coefficient (Wildman–Crippen LogP) is 4.40. The summed E-state index contributed by atoms with van der Waals surface area (Å²) in [5, 5.41) is 62.5. The number of nitrogens with two attached hydrogens (primary N) is 1. The summed E-state index contributed by atoms with van der Waals surface area (Å²) in [7, 11) is 0. The number of aliphatic hydroxyl groups is 5. The number of fused-ring (bicyclic) bond motifs is 6. The average Bonchev–Trinajstić information content (AvgIpc) is 3.57. The molecule has 2 heterocycles. The Bertz CT molecular complexity index is 1390. The quantitative estimate of drug-likeness (QED) is 0.185. The van der Waals surface area contributed by atoms with Crippen molar-refractivity contribution in [2.75, 3.05) is 0 Å². The second kappa shape index (κ2) is 13.4. The molecule has 0 aromatic heterocycles. The Morgan fingerprint density at radius 1 is 1.12 bits per heavy atom. The van der Waals surface area contributed by atoms with E-state index in [0.29, 0.717) is 56.8 Å². The van der Waals surface area contributed by atoms with E-state index < -0.39 is 58.3 Å². The minimum absolute atomic E-state index is 0.0866. The summed E-state index contributed by atoms with van der Waals surface area (Å²) in [6.45, 7) is 8.22. The van der Waals surface area contributed by atoms with Crippen molar-refractivity contribution in [3.63, 3.8) is 0 Å². The molecule has 5 fully saturated rings. The van der Waals surface area contributed by atoms with Crippen molar-refractivity contribution >= 4 is 5.78 Å². The van der Waals surface area contributed by atoms with E-state index >= 15 is 0 Å². The summed E-state index contributed by atoms with van der Waals surface area (Å²) >= 11 is 0. The number of ether oxygens (including phenoxy) is 1. The van der Waals surface area contributed by atoms with Crippen LogP contribution in [0.5, 0.6) is 0 Å². The van der Waals surface area contributed by atoms with Gasteiger partial charge in [-0.3, -0.25) is 4.79 Å². The van der Waals surface area contributed by atoms with Crippen LogP contribution in [0.2, 0.25) is 0 Å². The molecule has 9 nitrogen and oxygen atoms in total. The lowest BCUT2D eigenvalue weighted by molar-refractivity contribution is -0.199. The zero-order valence-electron chi connectivity index (χ0n) is 30.8. The number of dihydropyridines is 1. The minimum Gasteiger partial charge on any atom is -0.390 e. The molecule has 16 unspecified atom stereocenters. The summed E-state index contributed by atoms with van der Waals surface area (Å²) in [5.74, 6) is 0.111. The molecule has 50 heavy (non-hydrogen) atoms. The standard InChI is InChI=1S/C41H64N2O7/c1-5-6-7-24-8-10-33-26(18-24)23(2)36(50-33)37(47)39(4,48)34-14-17-41(49)28-19-30(44)29-20-31(45)32(46)21-40(29,27(28)13-15-38(34,41)3)16-12-25-9-11-35(42)43-22-25/h9,11,19,22-24,26-27,29,31-37,43,45-49H,5-8,10,12-18,20-21,42H2,1-4H3. The van der Waals surface area contributed by atoms with Gasteiger partial charge in [-0.05, 0) is 136 Å². The number of ketones is 1. The molecule has 1 saturated heterocycles. The Balaban J connectivity index is 1.15. The molecule has 16 atom stereocenters. The van der Waals surface area contributed by atoms with Crippen molar-refractivity contribution in [1.82, 2.24) is 5.32 Å². The van der Waals surface area contributed by atoms with Gasteiger partial charge in [-0.25, -0.2) is 0 Å². The van der Waals surface area contributed by atoms with E-state index in [1.54, 1.807) is 13.0 Å². The molecule has 0 spiro atoms. The molecule has 0 bridgehead atoms. The summed E-state index contributed by atoms with van der Waals surface area (Å²) < 4.78 is 6.61. The van der Waals surface area contributed by atoms with Crippen LogP contribution in [0.4, 0.5) is 0 Å². The van der Waals surface area contributed by atoms with Crippen molar-refractivity contribution in [2.45, 2.75) is 165 Å². The molecule has 280 valence electrons. The van der Waals surface area contributed by atoms with Crippen molar-refractivity contribution in [1.29, 1.82) is 0 Å². The molecule has 0 amide bonds. The third-order valence-electron chi connectivity index (χ3n) is 15.8. The molecule has 5 aliphatic carbocycles. The topological polar surface area (TPSA) is 166 Å². The van der Waals surface area contributed by atoms with Crippen molar-refractivity contribution < 1.29 is 35.1 Å². The van der Waals surface area contributed by atoms with Crippen molar-refractivity contribution in [3.8, 4) is 0 Å². The first-order valence-electron chi connectivity index (χ1n) is 20.0. The maximum Gasteiger partial charge on any atom is 0.159 e. The first-order valence-corrected chi connectivity index (χ1v) is 20.0. The van der Waals surface area contributed by atoms with Crippen LogP contribution in [0, 0.1) is 46.3 Å². The van der Waals surface area contributed by atoms with Crippen LogP contribution < -0.4 is 11.1 Å². The zero-order chi connectivity index (χ0) is 35.8. The SMILES string of the molecule is CCCCC1CCC2OC(C(O)C(C)(O)C3CCC4(O)C5=CC(=O)C6CC(O)C(O)CC6(CCC6=CNC(N)C=C6)C5CCC34C)C(C)C2C1. The van der Waals surface area contributed by atoms with E-state index in [4.69, 9.17) is 10.5 Å². The Morgan fingerprint density at radius 2 is 1.90 bits per heavy atom. The average molecular weight is 697 g/mol. The number of carbonyl (C=O) groups is 1. The molecule has 4 saturated carbocycles. The largest absolute Gasteiger partial charge is 0.390 e. The molecule has 0 aromatic rings. The van der Waals surface area contributed by atoms with Gasteiger partial charge in [-0.1, -0.05) is 46.1 Å². The molecular formula is C41H64N2O7. The Kier molecular flexibility index (Phi) is 9.82. The molecule has 9 heteroatoms. The van der Waals surface area contributed by atoms with E-state index in [9.17, 15) is 30.3 Å². The van der Waals surface area contributed by atoms with Gasteiger partial charge in [0, 0.05) is 17.5 Å². The normalized spacial score (nSPS) is 48.7. The Morgan fingerprint density at radius 3 is 2.62 bits per heavy atom. The Hall–Kier alpha value is -1.59. The Labute approximate surface area is 298 Å². The second-order valence-electron chi connectivity index (χ2n) is 18.2. The summed E-state index contributed by atoms with van der Waals surface area (Å²) in [4.78, 5) is 14.1. The smallest absolute Gasteiger partial charge is 0.159 e. The van der Waals surface area contributed by atoms with Gasteiger partial charge in [0.15, 0.2) is 5.78 Å². The molecular weight excluding hydrogens is 632 g/mol. The lowest BCUT2D eigenvalue weighted by atomic mass is 9.44. The molecule has 0 aromatic carbocycles. The number of carbonyl (C=O) groups excluding carboxylic acids is 1. The first-order chi connectivity index (χ1) is 23.7. The van der Waals surface area contributed by atoms with Crippen LogP contribution in [-0.2, 0) is 9.53 Å². The van der Waals surface area contributed by atoms with E-state index in [0.717, 1.165) is 30.4 Å². The number of nitrogens with one attached hydrogen (secondary N) is 1. The highest BCUT2D eigenvalue weighted by atomic mass is 16.5. The van der Waals surface area contributed by atoms with Crippen LogP contribution in [0.3, 0.4) is 0 Å². The lowest BCUT2D eigenvalue weighted by Gasteiger charge is -2.62. The summed E-state index contributed by atoms with van der Waals surface area (Å²) in [6.07, 6.45) is 14.9. The minimum atomic E-state index is -1.52. The highest BCUT2D eigenvalue weighted by Crippen LogP contribution is 2.69. The first kappa shape index (κ1) is 36.8. The highest BCUT2D eigenvalue weighted by Gasteiger charge is 2.70. The molecule has 8 N–H and O–H groups in total. The fraction of sp³-hybridized carbons (Fsp3) is 0.829.